The maximum absolute atomic E-state index is 13.2. The number of pyridine rings is 1. The molecule has 3 heterocycles. The lowest BCUT2D eigenvalue weighted by atomic mass is 9.89. The average molecular weight is 425 g/mol. The predicted molar refractivity (Wildman–Crippen MR) is 110 cm³/mol. The summed E-state index contributed by atoms with van der Waals surface area (Å²) in [5.74, 6) is 0. The third-order valence-electron chi connectivity index (χ3n) is 5.54. The maximum atomic E-state index is 13.2. The van der Waals surface area contributed by atoms with Gasteiger partial charge in [-0.2, -0.15) is 0 Å². The number of amides is 1. The van der Waals surface area contributed by atoms with Gasteiger partial charge < -0.3 is 15.0 Å². The number of carbonyl (C=O) groups is 1. The standard InChI is InChI=1S/C20H19N5O4S/c1-12-2-4-15(5-3-12)30(27,28)25-7-6-16-18-17(10-22-19(16)25)23-11-24(18)13-8-14(9-13)29-20(21)26/h2-7,10-11,13-14H,8-9H2,1H3,(H2,21,26)/t13-,14+. The van der Waals surface area contributed by atoms with Crippen LogP contribution in [0.2, 0.25) is 0 Å². The fraction of sp³-hybridized carbons (Fsp3) is 0.250. The van der Waals surface area contributed by atoms with Crippen molar-refractivity contribution in [1.29, 1.82) is 0 Å². The number of aromatic nitrogens is 4. The van der Waals surface area contributed by atoms with Gasteiger partial charge in [0.15, 0.2) is 5.65 Å². The van der Waals surface area contributed by atoms with Crippen LogP contribution in [0.15, 0.2) is 53.9 Å². The van der Waals surface area contributed by atoms with E-state index >= 15 is 0 Å². The third-order valence-corrected chi connectivity index (χ3v) is 7.22. The topological polar surface area (TPSA) is 122 Å². The number of ether oxygens (including phenoxy) is 1. The summed E-state index contributed by atoms with van der Waals surface area (Å²) in [4.78, 5) is 19.9. The second-order valence-corrected chi connectivity index (χ2v) is 9.31. The van der Waals surface area contributed by atoms with Gasteiger partial charge in [-0.3, -0.25) is 0 Å². The van der Waals surface area contributed by atoms with Crippen LogP contribution in [0.5, 0.6) is 0 Å². The van der Waals surface area contributed by atoms with Crippen LogP contribution in [-0.4, -0.2) is 39.1 Å². The molecule has 3 aromatic heterocycles. The molecule has 5 rings (SSSR count). The van der Waals surface area contributed by atoms with Crippen LogP contribution >= 0.6 is 0 Å². The molecule has 4 aromatic rings. The summed E-state index contributed by atoms with van der Waals surface area (Å²) in [6.45, 7) is 1.90. The summed E-state index contributed by atoms with van der Waals surface area (Å²) < 4.78 is 34.5. The van der Waals surface area contributed by atoms with Crippen molar-refractivity contribution in [3.05, 3.63) is 54.6 Å². The van der Waals surface area contributed by atoms with Crippen molar-refractivity contribution in [1.82, 2.24) is 18.5 Å². The highest BCUT2D eigenvalue weighted by molar-refractivity contribution is 7.90. The molecule has 30 heavy (non-hydrogen) atoms. The van der Waals surface area contributed by atoms with Crippen molar-refractivity contribution in [3.63, 3.8) is 0 Å². The highest BCUT2D eigenvalue weighted by atomic mass is 32.2. The number of nitrogens with zero attached hydrogens (tertiary/aromatic N) is 4. The summed E-state index contributed by atoms with van der Waals surface area (Å²) in [5, 5.41) is 0.694. The van der Waals surface area contributed by atoms with Crippen LogP contribution in [0.3, 0.4) is 0 Å². The second-order valence-electron chi connectivity index (χ2n) is 7.49. The predicted octanol–water partition coefficient (Wildman–Crippen LogP) is 2.73. The summed E-state index contributed by atoms with van der Waals surface area (Å²) >= 11 is 0. The molecule has 1 aliphatic rings. The molecule has 1 saturated carbocycles. The van der Waals surface area contributed by atoms with Gasteiger partial charge >= 0.3 is 6.09 Å². The Morgan fingerprint density at radius 1 is 1.17 bits per heavy atom. The van der Waals surface area contributed by atoms with Crippen molar-refractivity contribution in [2.45, 2.75) is 36.8 Å². The van der Waals surface area contributed by atoms with Gasteiger partial charge in [0.1, 0.15) is 11.6 Å². The van der Waals surface area contributed by atoms with Gasteiger partial charge in [-0.15, -0.1) is 0 Å². The summed E-state index contributed by atoms with van der Waals surface area (Å²) in [6.07, 6.45) is 5.06. The zero-order valence-corrected chi connectivity index (χ0v) is 16.9. The number of benzene rings is 1. The molecule has 154 valence electrons. The van der Waals surface area contributed by atoms with Crippen molar-refractivity contribution in [2.24, 2.45) is 5.73 Å². The van der Waals surface area contributed by atoms with Gasteiger partial charge in [-0.05, 0) is 25.1 Å². The van der Waals surface area contributed by atoms with Crippen LogP contribution in [0.1, 0.15) is 24.4 Å². The number of fused-ring (bicyclic) bond motifs is 3. The number of imidazole rings is 1. The molecule has 2 N–H and O–H groups in total. The van der Waals surface area contributed by atoms with Gasteiger partial charge in [0, 0.05) is 30.5 Å². The molecule has 0 saturated heterocycles. The van der Waals surface area contributed by atoms with Gasteiger partial charge in [-0.1, -0.05) is 17.7 Å². The lowest BCUT2D eigenvalue weighted by Crippen LogP contribution is -2.36. The van der Waals surface area contributed by atoms with E-state index in [-0.39, 0.29) is 17.0 Å². The largest absolute Gasteiger partial charge is 0.446 e. The summed E-state index contributed by atoms with van der Waals surface area (Å²) in [6, 6.07) is 8.53. The minimum absolute atomic E-state index is 0.0852. The zero-order chi connectivity index (χ0) is 21.0. The van der Waals surface area contributed by atoms with Crippen LogP contribution in [0.4, 0.5) is 4.79 Å². The lowest BCUT2D eigenvalue weighted by molar-refractivity contribution is 0.0281. The quantitative estimate of drug-likeness (QED) is 0.536. The molecule has 0 spiro atoms. The van der Waals surface area contributed by atoms with E-state index in [0.29, 0.717) is 29.4 Å². The van der Waals surface area contributed by atoms with Gasteiger partial charge in [0.2, 0.25) is 0 Å². The Morgan fingerprint density at radius 3 is 2.60 bits per heavy atom. The zero-order valence-electron chi connectivity index (χ0n) is 16.1. The van der Waals surface area contributed by atoms with E-state index in [2.05, 4.69) is 9.97 Å². The fourth-order valence-corrected chi connectivity index (χ4v) is 5.21. The molecule has 1 amide bonds. The minimum Gasteiger partial charge on any atom is -0.446 e. The van der Waals surface area contributed by atoms with E-state index in [1.54, 1.807) is 42.9 Å². The molecule has 1 fully saturated rings. The normalized spacial score (nSPS) is 19.1. The number of primary amides is 1. The summed E-state index contributed by atoms with van der Waals surface area (Å²) in [5.41, 5.74) is 7.89. The molecule has 0 bridgehead atoms. The van der Waals surface area contributed by atoms with Crippen molar-refractivity contribution in [2.75, 3.05) is 0 Å². The Labute approximate surface area is 172 Å². The number of nitrogens with two attached hydrogens (primary N) is 1. The number of hydrogen-bond donors (Lipinski definition) is 1. The molecule has 1 aliphatic carbocycles. The summed E-state index contributed by atoms with van der Waals surface area (Å²) in [7, 11) is -3.78. The molecular weight excluding hydrogens is 406 g/mol. The third kappa shape index (κ3) is 2.83. The Balaban J connectivity index is 1.58. The first-order chi connectivity index (χ1) is 14.3. The molecule has 0 aliphatic heterocycles. The smallest absolute Gasteiger partial charge is 0.404 e. The van der Waals surface area contributed by atoms with Gasteiger partial charge in [0.05, 0.1) is 22.9 Å². The average Bonchev–Trinajstić information content (AvgIpc) is 3.28. The molecule has 1 aromatic carbocycles. The van der Waals surface area contributed by atoms with Crippen LogP contribution in [-0.2, 0) is 14.8 Å². The SMILES string of the molecule is Cc1ccc(S(=O)(=O)n2ccc3c2ncc2ncn([C@H]4C[C@@H](OC(N)=O)C4)c23)cc1. The van der Waals surface area contributed by atoms with E-state index in [1.807, 2.05) is 11.5 Å². The molecule has 0 unspecified atom stereocenters. The molecule has 0 atom stereocenters. The van der Waals surface area contributed by atoms with Crippen molar-refractivity contribution >= 4 is 38.2 Å². The number of rotatable bonds is 4. The number of carbonyl (C=O) groups excluding carboxylic acids is 1. The molecule has 0 radical (unpaired) electrons. The number of aryl methyl sites for hydroxylation is 1. The van der Waals surface area contributed by atoms with Gasteiger partial charge in [0.25, 0.3) is 10.0 Å². The molecular formula is C20H19N5O4S. The van der Waals surface area contributed by atoms with Gasteiger partial charge in [-0.25, -0.2) is 27.2 Å². The number of hydrogen-bond acceptors (Lipinski definition) is 6. The van der Waals surface area contributed by atoms with Crippen LogP contribution in [0.25, 0.3) is 22.1 Å². The van der Waals surface area contributed by atoms with E-state index in [1.165, 1.54) is 10.2 Å². The van der Waals surface area contributed by atoms with Crippen molar-refractivity contribution < 1.29 is 17.9 Å². The van der Waals surface area contributed by atoms with E-state index in [0.717, 1.165) is 11.1 Å². The minimum atomic E-state index is -3.78. The monoisotopic (exact) mass is 425 g/mol. The maximum Gasteiger partial charge on any atom is 0.404 e. The Hall–Kier alpha value is -3.40. The first kappa shape index (κ1) is 18.6. The van der Waals surface area contributed by atoms with E-state index < -0.39 is 16.1 Å². The highest BCUT2D eigenvalue weighted by Crippen LogP contribution is 2.38. The van der Waals surface area contributed by atoms with E-state index in [9.17, 15) is 13.2 Å². The van der Waals surface area contributed by atoms with E-state index in [4.69, 9.17) is 10.5 Å². The molecule has 9 nitrogen and oxygen atoms in total. The highest BCUT2D eigenvalue weighted by Gasteiger charge is 2.34. The Bertz CT molecular complexity index is 1380. The lowest BCUT2D eigenvalue weighted by Gasteiger charge is -2.35. The second kappa shape index (κ2) is 6.56. The van der Waals surface area contributed by atoms with Crippen LogP contribution in [0, 0.1) is 6.92 Å². The first-order valence-electron chi connectivity index (χ1n) is 9.45. The Kier molecular flexibility index (Phi) is 4.07. The van der Waals surface area contributed by atoms with Crippen LogP contribution < -0.4 is 5.73 Å². The first-order valence-corrected chi connectivity index (χ1v) is 10.9. The van der Waals surface area contributed by atoms with Crippen molar-refractivity contribution in [3.8, 4) is 0 Å². The Morgan fingerprint density at radius 2 is 1.90 bits per heavy atom. The molecule has 10 heteroatoms. The fourth-order valence-electron chi connectivity index (χ4n) is 3.91.